The van der Waals surface area contributed by atoms with Crippen molar-refractivity contribution in [3.05, 3.63) is 107 Å². The zero-order chi connectivity index (χ0) is 30.9. The van der Waals surface area contributed by atoms with Gasteiger partial charge in [0.25, 0.3) is 0 Å². The zero-order valence-electron chi connectivity index (χ0n) is 25.5. The van der Waals surface area contributed by atoms with Gasteiger partial charge in [-0.25, -0.2) is 0 Å². The largest absolute Gasteiger partial charge is 0.493 e. The number of carbonyl (C=O) groups is 1. The van der Waals surface area contributed by atoms with E-state index in [1.54, 1.807) is 28.4 Å². The quantitative estimate of drug-likeness (QED) is 0.153. The molecule has 1 aliphatic rings. The van der Waals surface area contributed by atoms with Crippen LogP contribution < -0.4 is 28.4 Å². The number of hydrogen-bond acceptors (Lipinski definition) is 8. The Balaban J connectivity index is 1.33. The third kappa shape index (κ3) is 7.19. The number of benzene rings is 4. The summed E-state index contributed by atoms with van der Waals surface area (Å²) in [4.78, 5) is 13.0. The van der Waals surface area contributed by atoms with Crippen LogP contribution in [0.4, 0.5) is 0 Å². The van der Waals surface area contributed by atoms with Gasteiger partial charge in [-0.15, -0.1) is 0 Å². The van der Waals surface area contributed by atoms with Gasteiger partial charge in [-0.2, -0.15) is 0 Å². The topological polar surface area (TPSA) is 81.7 Å². The Bertz CT molecular complexity index is 1490. The molecule has 1 heterocycles. The van der Waals surface area contributed by atoms with Crippen molar-refractivity contribution in [3.63, 3.8) is 0 Å². The van der Waals surface area contributed by atoms with Crippen molar-refractivity contribution in [2.24, 2.45) is 11.8 Å². The van der Waals surface area contributed by atoms with E-state index in [-0.39, 0.29) is 17.8 Å². The lowest BCUT2D eigenvalue weighted by atomic mass is 9.84. The fourth-order valence-electron chi connectivity index (χ4n) is 5.46. The van der Waals surface area contributed by atoms with Crippen molar-refractivity contribution < 1.29 is 38.0 Å². The van der Waals surface area contributed by atoms with E-state index < -0.39 is 0 Å². The van der Waals surface area contributed by atoms with Crippen LogP contribution in [0.1, 0.15) is 22.3 Å². The van der Waals surface area contributed by atoms with Gasteiger partial charge in [-0.3, -0.25) is 4.79 Å². The standard InChI is InChI=1S/C36H38O8/c1-38-30-17-26(18-31(39-2)34(30)42-21-24-11-7-5-8-12-24)15-28-23-44-36(37)29(28)16-27-19-32(40-3)35(33(20-27)41-4)43-22-25-13-9-6-10-14-25/h5-14,17-20,28-29H,15-16,21-23H2,1-4H3/t28-,29+/m1/s1. The van der Waals surface area contributed by atoms with E-state index in [9.17, 15) is 4.79 Å². The molecule has 2 atom stereocenters. The molecule has 1 fully saturated rings. The molecule has 8 heteroatoms. The fraction of sp³-hybridized carbons (Fsp3) is 0.306. The second kappa shape index (κ2) is 14.6. The van der Waals surface area contributed by atoms with Crippen LogP contribution in [0, 0.1) is 11.8 Å². The minimum Gasteiger partial charge on any atom is -0.493 e. The van der Waals surface area contributed by atoms with E-state index in [4.69, 9.17) is 33.2 Å². The first-order valence-electron chi connectivity index (χ1n) is 14.5. The van der Waals surface area contributed by atoms with Gasteiger partial charge in [0.2, 0.25) is 11.5 Å². The van der Waals surface area contributed by atoms with Gasteiger partial charge in [0.15, 0.2) is 23.0 Å². The van der Waals surface area contributed by atoms with Crippen molar-refractivity contribution in [3.8, 4) is 34.5 Å². The molecule has 0 unspecified atom stereocenters. The molecular formula is C36H38O8. The van der Waals surface area contributed by atoms with Crippen molar-refractivity contribution in [2.45, 2.75) is 26.1 Å². The number of methoxy groups -OCH3 is 4. The van der Waals surface area contributed by atoms with Crippen LogP contribution in [-0.4, -0.2) is 41.0 Å². The van der Waals surface area contributed by atoms with Crippen LogP contribution in [0.15, 0.2) is 84.9 Å². The van der Waals surface area contributed by atoms with Crippen molar-refractivity contribution >= 4 is 5.97 Å². The van der Waals surface area contributed by atoms with Crippen LogP contribution in [0.25, 0.3) is 0 Å². The molecule has 44 heavy (non-hydrogen) atoms. The first-order chi connectivity index (χ1) is 21.5. The summed E-state index contributed by atoms with van der Waals surface area (Å²) in [7, 11) is 6.39. The molecule has 4 aromatic rings. The molecule has 0 aromatic heterocycles. The van der Waals surface area contributed by atoms with Gasteiger partial charge < -0.3 is 33.2 Å². The highest BCUT2D eigenvalue weighted by atomic mass is 16.5. The van der Waals surface area contributed by atoms with Gasteiger partial charge in [0.1, 0.15) is 13.2 Å². The molecule has 0 amide bonds. The molecule has 0 aliphatic carbocycles. The Morgan fingerprint density at radius 2 is 1.00 bits per heavy atom. The number of hydrogen-bond donors (Lipinski definition) is 0. The van der Waals surface area contributed by atoms with Gasteiger partial charge >= 0.3 is 5.97 Å². The Labute approximate surface area is 258 Å². The number of rotatable bonds is 14. The summed E-state index contributed by atoms with van der Waals surface area (Å²) in [6.07, 6.45) is 1.05. The minimum atomic E-state index is -0.355. The molecule has 5 rings (SSSR count). The van der Waals surface area contributed by atoms with E-state index >= 15 is 0 Å². The summed E-state index contributed by atoms with van der Waals surface area (Å²) in [5.41, 5.74) is 3.91. The number of esters is 1. The third-order valence-electron chi connectivity index (χ3n) is 7.76. The van der Waals surface area contributed by atoms with E-state index in [2.05, 4.69) is 0 Å². The summed E-state index contributed by atoms with van der Waals surface area (Å²) in [5.74, 6) is 2.63. The average molecular weight is 599 g/mol. The van der Waals surface area contributed by atoms with Crippen LogP contribution in [0.3, 0.4) is 0 Å². The normalized spacial score (nSPS) is 15.8. The Kier molecular flexibility index (Phi) is 10.1. The van der Waals surface area contributed by atoms with E-state index in [1.165, 1.54) is 0 Å². The second-order valence-electron chi connectivity index (χ2n) is 10.6. The number of carbonyl (C=O) groups excluding carboxylic acids is 1. The lowest BCUT2D eigenvalue weighted by Gasteiger charge is -2.20. The van der Waals surface area contributed by atoms with Crippen LogP contribution in [-0.2, 0) is 35.6 Å². The molecule has 8 nitrogen and oxygen atoms in total. The average Bonchev–Trinajstić information content (AvgIpc) is 3.40. The van der Waals surface area contributed by atoms with Gasteiger partial charge in [-0.1, -0.05) is 60.7 Å². The number of ether oxygens (including phenoxy) is 7. The third-order valence-corrected chi connectivity index (χ3v) is 7.76. The minimum absolute atomic E-state index is 0.0565. The molecule has 0 radical (unpaired) electrons. The summed E-state index contributed by atoms with van der Waals surface area (Å²) < 4.78 is 40.5. The summed E-state index contributed by atoms with van der Waals surface area (Å²) in [5, 5.41) is 0. The predicted molar refractivity (Wildman–Crippen MR) is 166 cm³/mol. The first kappa shape index (κ1) is 30.6. The zero-order valence-corrected chi connectivity index (χ0v) is 25.5. The molecule has 0 saturated carbocycles. The summed E-state index contributed by atoms with van der Waals surface area (Å²) in [6, 6.07) is 27.5. The van der Waals surface area contributed by atoms with Gasteiger partial charge in [0, 0.05) is 5.92 Å². The Hall–Kier alpha value is -4.85. The number of cyclic esters (lactones) is 1. The van der Waals surface area contributed by atoms with Crippen molar-refractivity contribution in [1.29, 1.82) is 0 Å². The molecule has 1 aliphatic heterocycles. The highest BCUT2D eigenvalue weighted by molar-refractivity contribution is 5.75. The van der Waals surface area contributed by atoms with E-state index in [1.807, 2.05) is 84.9 Å². The monoisotopic (exact) mass is 598 g/mol. The van der Waals surface area contributed by atoms with Gasteiger partial charge in [0.05, 0.1) is 41.0 Å². The highest BCUT2D eigenvalue weighted by Gasteiger charge is 2.37. The Morgan fingerprint density at radius 3 is 1.41 bits per heavy atom. The van der Waals surface area contributed by atoms with E-state index in [0.29, 0.717) is 67.2 Å². The SMILES string of the molecule is COc1cc(C[C@@H]2COC(=O)[C@H]2Cc2cc(OC)c(OCc3ccccc3)c(OC)c2)cc(OC)c1OCc1ccccc1. The smallest absolute Gasteiger partial charge is 0.309 e. The maximum Gasteiger partial charge on any atom is 0.309 e. The van der Waals surface area contributed by atoms with E-state index in [0.717, 1.165) is 22.3 Å². The molecule has 1 saturated heterocycles. The van der Waals surface area contributed by atoms with Crippen LogP contribution >= 0.6 is 0 Å². The van der Waals surface area contributed by atoms with Gasteiger partial charge in [-0.05, 0) is 59.4 Å². The molecule has 0 spiro atoms. The van der Waals surface area contributed by atoms with Crippen molar-refractivity contribution in [1.82, 2.24) is 0 Å². The lowest BCUT2D eigenvalue weighted by molar-refractivity contribution is -0.141. The predicted octanol–water partition coefficient (Wildman–Crippen LogP) is 6.45. The summed E-state index contributed by atoms with van der Waals surface area (Å²) in [6.45, 7) is 1.07. The Morgan fingerprint density at radius 1 is 0.591 bits per heavy atom. The molecule has 4 aromatic carbocycles. The van der Waals surface area contributed by atoms with Crippen LogP contribution in [0.5, 0.6) is 34.5 Å². The van der Waals surface area contributed by atoms with Crippen molar-refractivity contribution in [2.75, 3.05) is 35.0 Å². The fourth-order valence-corrected chi connectivity index (χ4v) is 5.46. The molecule has 230 valence electrons. The molecule has 0 bridgehead atoms. The maximum atomic E-state index is 13.0. The lowest BCUT2D eigenvalue weighted by Crippen LogP contribution is -2.21. The maximum absolute atomic E-state index is 13.0. The first-order valence-corrected chi connectivity index (χ1v) is 14.5. The highest BCUT2D eigenvalue weighted by Crippen LogP contribution is 2.42. The summed E-state index contributed by atoms with van der Waals surface area (Å²) >= 11 is 0. The second-order valence-corrected chi connectivity index (χ2v) is 10.6. The molecule has 0 N–H and O–H groups in total. The molecular weight excluding hydrogens is 560 g/mol. The van der Waals surface area contributed by atoms with Crippen LogP contribution in [0.2, 0.25) is 0 Å².